The minimum absolute atomic E-state index is 0.0322. The third kappa shape index (κ3) is 29.1. The van der Waals surface area contributed by atoms with Crippen molar-refractivity contribution in [2.75, 3.05) is 33.0 Å². The highest BCUT2D eigenvalue weighted by Gasteiger charge is 2.47. The standard InChI is InChI=1S/C55H90O14/c1-3-5-7-9-11-13-15-17-19-21-22-23-24-26-28-30-32-34-36-38-47(57)67-44(41-64-39-37-35-33-31-29-27-25-20-18-16-14-12-10-8-6-4-2)42-65-54-53(63)51(61)49(59)46(69-54)43-66-55-52(62)50(60)48(58)45(40-56)68-55/h5-8,11-14,17-20,22-23,26,28,44-46,48-56,58-63H,3-4,9-10,15-16,21,24-25,27,29-43H2,1-2H3/b7-5-,8-6-,13-11-,14-12-,19-17-,20-18-,23-22-,28-26-. The van der Waals surface area contributed by atoms with Crippen LogP contribution in [-0.4, -0.2) is 142 Å². The maximum atomic E-state index is 13.0. The van der Waals surface area contributed by atoms with Crippen LogP contribution in [0.1, 0.15) is 142 Å². The van der Waals surface area contributed by atoms with Gasteiger partial charge in [0.2, 0.25) is 0 Å². The topological polar surface area (TPSA) is 214 Å². The lowest BCUT2D eigenvalue weighted by Crippen LogP contribution is -2.61. The van der Waals surface area contributed by atoms with Crippen molar-refractivity contribution in [1.29, 1.82) is 0 Å². The molecule has 0 aliphatic carbocycles. The van der Waals surface area contributed by atoms with E-state index < -0.39 is 86.7 Å². The molecule has 14 heteroatoms. The van der Waals surface area contributed by atoms with Crippen LogP contribution >= 0.6 is 0 Å². The molecule has 2 rings (SSSR count). The third-order valence-corrected chi connectivity index (χ3v) is 11.6. The zero-order chi connectivity index (χ0) is 50.2. The molecule has 0 aromatic carbocycles. The van der Waals surface area contributed by atoms with Crippen molar-refractivity contribution in [3.63, 3.8) is 0 Å². The van der Waals surface area contributed by atoms with Crippen LogP contribution in [0.4, 0.5) is 0 Å². The Labute approximate surface area is 413 Å². The smallest absolute Gasteiger partial charge is 0.306 e. The minimum atomic E-state index is -1.72. The lowest BCUT2D eigenvalue weighted by Gasteiger charge is -2.42. The second-order valence-electron chi connectivity index (χ2n) is 17.6. The monoisotopic (exact) mass is 975 g/mol. The minimum Gasteiger partial charge on any atom is -0.457 e. The van der Waals surface area contributed by atoms with Crippen LogP contribution < -0.4 is 0 Å². The first-order chi connectivity index (χ1) is 33.6. The molecule has 2 saturated heterocycles. The van der Waals surface area contributed by atoms with Gasteiger partial charge in [-0.05, 0) is 89.9 Å². The summed E-state index contributed by atoms with van der Waals surface area (Å²) in [6.07, 6.45) is 37.5. The number of rotatable bonds is 39. The van der Waals surface area contributed by atoms with Crippen molar-refractivity contribution < 1.29 is 69.0 Å². The summed E-state index contributed by atoms with van der Waals surface area (Å²) in [6, 6.07) is 0. The van der Waals surface area contributed by atoms with Gasteiger partial charge in [-0.25, -0.2) is 0 Å². The summed E-state index contributed by atoms with van der Waals surface area (Å²) in [7, 11) is 0. The number of hydrogen-bond donors (Lipinski definition) is 7. The Bertz CT molecular complexity index is 1500. The Kier molecular flexibility index (Phi) is 37.3. The lowest BCUT2D eigenvalue weighted by atomic mass is 9.98. The molecule has 394 valence electrons. The summed E-state index contributed by atoms with van der Waals surface area (Å²) in [5.74, 6) is -0.417. The molecule has 0 aromatic heterocycles. The molecule has 14 nitrogen and oxygen atoms in total. The second-order valence-corrected chi connectivity index (χ2v) is 17.6. The third-order valence-electron chi connectivity index (χ3n) is 11.6. The predicted octanol–water partition coefficient (Wildman–Crippen LogP) is 7.85. The highest BCUT2D eigenvalue weighted by Crippen LogP contribution is 2.26. The van der Waals surface area contributed by atoms with Crippen LogP contribution in [0.2, 0.25) is 0 Å². The normalized spacial score (nSPS) is 26.5. The van der Waals surface area contributed by atoms with Gasteiger partial charge in [-0.1, -0.05) is 143 Å². The Hall–Kier alpha value is -3.09. The van der Waals surface area contributed by atoms with Crippen LogP contribution in [0.25, 0.3) is 0 Å². The van der Waals surface area contributed by atoms with Gasteiger partial charge in [-0.3, -0.25) is 4.79 Å². The van der Waals surface area contributed by atoms with E-state index in [1.54, 1.807) is 0 Å². The molecule has 0 saturated carbocycles. The summed E-state index contributed by atoms with van der Waals surface area (Å²) in [5.41, 5.74) is 0. The number of carbonyl (C=O) groups excluding carboxylic acids is 1. The van der Waals surface area contributed by atoms with Crippen molar-refractivity contribution >= 4 is 5.97 Å². The number of allylic oxidation sites excluding steroid dienone is 16. The Morgan fingerprint density at radius 3 is 1.41 bits per heavy atom. The quantitative estimate of drug-likeness (QED) is 0.0178. The van der Waals surface area contributed by atoms with Crippen LogP contribution in [0.3, 0.4) is 0 Å². The molecule has 0 radical (unpaired) electrons. The van der Waals surface area contributed by atoms with Gasteiger partial charge in [0.25, 0.3) is 0 Å². The van der Waals surface area contributed by atoms with Gasteiger partial charge < -0.3 is 64.2 Å². The molecule has 69 heavy (non-hydrogen) atoms. The molecule has 0 aromatic rings. The van der Waals surface area contributed by atoms with E-state index in [2.05, 4.69) is 111 Å². The van der Waals surface area contributed by atoms with E-state index in [0.717, 1.165) is 109 Å². The number of hydrogen-bond acceptors (Lipinski definition) is 14. The SMILES string of the molecule is CC/C=C\C/C=C\C/C=C\C/C=C\C/C=C\CCCCCC(=O)OC(COCCCCCCCC/C=C\C/C=C\C/C=C\CC)COC1OC(COC2OC(CO)C(O)C(O)C2O)C(O)C(O)C1O. The Balaban J connectivity index is 1.80. The number of esters is 1. The van der Waals surface area contributed by atoms with Gasteiger partial charge in [0, 0.05) is 13.0 Å². The fourth-order valence-corrected chi connectivity index (χ4v) is 7.44. The van der Waals surface area contributed by atoms with Crippen LogP contribution in [0.15, 0.2) is 97.2 Å². The molecule has 0 amide bonds. The van der Waals surface area contributed by atoms with Gasteiger partial charge in [-0.15, -0.1) is 0 Å². The summed E-state index contributed by atoms with van der Waals surface area (Å²) >= 11 is 0. The maximum absolute atomic E-state index is 13.0. The summed E-state index contributed by atoms with van der Waals surface area (Å²) in [6.45, 7) is 3.35. The van der Waals surface area contributed by atoms with Gasteiger partial charge in [0.15, 0.2) is 12.6 Å². The molecule has 0 bridgehead atoms. The van der Waals surface area contributed by atoms with Crippen LogP contribution in [0, 0.1) is 0 Å². The van der Waals surface area contributed by atoms with E-state index in [0.29, 0.717) is 13.0 Å². The van der Waals surface area contributed by atoms with Crippen molar-refractivity contribution in [1.82, 2.24) is 0 Å². The largest absolute Gasteiger partial charge is 0.457 e. The predicted molar refractivity (Wildman–Crippen MR) is 270 cm³/mol. The number of aliphatic hydroxyl groups is 7. The first kappa shape index (κ1) is 62.0. The highest BCUT2D eigenvalue weighted by molar-refractivity contribution is 5.69. The number of ether oxygens (including phenoxy) is 6. The zero-order valence-corrected chi connectivity index (χ0v) is 41.8. The summed E-state index contributed by atoms with van der Waals surface area (Å²) in [4.78, 5) is 13.0. The van der Waals surface area contributed by atoms with E-state index >= 15 is 0 Å². The van der Waals surface area contributed by atoms with Crippen molar-refractivity contribution in [3.8, 4) is 0 Å². The molecular formula is C55H90O14. The van der Waals surface area contributed by atoms with E-state index in [1.165, 1.54) is 6.42 Å². The molecular weight excluding hydrogens is 885 g/mol. The molecule has 2 aliphatic rings. The lowest BCUT2D eigenvalue weighted by molar-refractivity contribution is -0.332. The highest BCUT2D eigenvalue weighted by atomic mass is 16.7. The molecule has 11 atom stereocenters. The van der Waals surface area contributed by atoms with Crippen LogP contribution in [0.5, 0.6) is 0 Å². The number of aliphatic hydroxyl groups excluding tert-OH is 7. The first-order valence-corrected chi connectivity index (χ1v) is 25.8. The van der Waals surface area contributed by atoms with Crippen LogP contribution in [-0.2, 0) is 33.2 Å². The fourth-order valence-electron chi connectivity index (χ4n) is 7.44. The Morgan fingerprint density at radius 2 is 0.899 bits per heavy atom. The first-order valence-electron chi connectivity index (χ1n) is 25.8. The number of unbranched alkanes of at least 4 members (excludes halogenated alkanes) is 9. The van der Waals surface area contributed by atoms with Crippen molar-refractivity contribution in [2.45, 2.75) is 210 Å². The average molecular weight is 975 g/mol. The van der Waals surface area contributed by atoms with Gasteiger partial charge >= 0.3 is 5.97 Å². The van der Waals surface area contributed by atoms with E-state index in [4.69, 9.17) is 28.4 Å². The maximum Gasteiger partial charge on any atom is 0.306 e. The van der Waals surface area contributed by atoms with E-state index in [-0.39, 0.29) is 19.6 Å². The zero-order valence-electron chi connectivity index (χ0n) is 41.8. The molecule has 2 fully saturated rings. The second kappa shape index (κ2) is 41.5. The van der Waals surface area contributed by atoms with Gasteiger partial charge in [0.05, 0.1) is 26.4 Å². The Morgan fingerprint density at radius 1 is 0.478 bits per heavy atom. The van der Waals surface area contributed by atoms with Crippen molar-refractivity contribution in [2.24, 2.45) is 0 Å². The van der Waals surface area contributed by atoms with Gasteiger partial charge in [-0.2, -0.15) is 0 Å². The van der Waals surface area contributed by atoms with E-state index in [1.807, 2.05) is 0 Å². The summed E-state index contributed by atoms with van der Waals surface area (Å²) < 4.78 is 34.2. The summed E-state index contributed by atoms with van der Waals surface area (Å²) in [5, 5.41) is 72.2. The average Bonchev–Trinajstić information content (AvgIpc) is 3.35. The molecule has 11 unspecified atom stereocenters. The fraction of sp³-hybridized carbons (Fsp3) is 0.691. The number of carbonyl (C=O) groups is 1. The molecule has 2 aliphatic heterocycles. The molecule has 2 heterocycles. The van der Waals surface area contributed by atoms with Crippen molar-refractivity contribution in [3.05, 3.63) is 97.2 Å². The molecule has 7 N–H and O–H groups in total. The van der Waals surface area contributed by atoms with Gasteiger partial charge in [0.1, 0.15) is 54.9 Å². The van der Waals surface area contributed by atoms with E-state index in [9.17, 15) is 40.5 Å². The molecule has 0 spiro atoms.